The highest BCUT2D eigenvalue weighted by Gasteiger charge is 2.41. The summed E-state index contributed by atoms with van der Waals surface area (Å²) in [6.07, 6.45) is 1.32. The number of carbonyl (C=O) groups is 1. The largest absolute Gasteiger partial charge is 0.381 e. The third-order valence-electron chi connectivity index (χ3n) is 5.94. The van der Waals surface area contributed by atoms with Gasteiger partial charge >= 0.3 is 0 Å². The fraction of sp³-hybridized carbons (Fsp3) is 0.250. The van der Waals surface area contributed by atoms with Crippen LogP contribution in [0.25, 0.3) is 16.9 Å². The van der Waals surface area contributed by atoms with Crippen molar-refractivity contribution in [2.24, 2.45) is 0 Å². The zero-order valence-corrected chi connectivity index (χ0v) is 17.3. The maximum Gasteiger partial charge on any atom is 0.235 e. The minimum Gasteiger partial charge on any atom is -0.381 e. The normalized spacial score (nSPS) is 15.6. The first-order chi connectivity index (χ1) is 15.2. The van der Waals surface area contributed by atoms with E-state index >= 15 is 0 Å². The van der Waals surface area contributed by atoms with Crippen LogP contribution in [0.3, 0.4) is 0 Å². The lowest BCUT2D eigenvalue weighted by Crippen LogP contribution is -2.44. The first kappa shape index (κ1) is 19.4. The maximum absolute atomic E-state index is 13.5. The summed E-state index contributed by atoms with van der Waals surface area (Å²) in [5, 5.41) is 15.9. The van der Waals surface area contributed by atoms with Crippen LogP contribution < -0.4 is 5.32 Å². The summed E-state index contributed by atoms with van der Waals surface area (Å²) in [5.74, 6) is 0.725. The molecule has 5 rings (SSSR count). The van der Waals surface area contributed by atoms with E-state index in [0.29, 0.717) is 31.7 Å². The molecule has 7 nitrogen and oxygen atoms in total. The Kier molecular flexibility index (Phi) is 4.95. The number of hydrogen-bond acceptors (Lipinski definition) is 5. The van der Waals surface area contributed by atoms with Gasteiger partial charge in [0.15, 0.2) is 11.5 Å². The van der Waals surface area contributed by atoms with Crippen molar-refractivity contribution >= 4 is 17.2 Å². The van der Waals surface area contributed by atoms with Gasteiger partial charge in [-0.3, -0.25) is 4.79 Å². The van der Waals surface area contributed by atoms with Crippen LogP contribution in [0.5, 0.6) is 0 Å². The number of rotatable bonds is 4. The van der Waals surface area contributed by atoms with Crippen molar-refractivity contribution in [3.63, 3.8) is 0 Å². The molecule has 0 aliphatic carbocycles. The van der Waals surface area contributed by atoms with Crippen molar-refractivity contribution in [1.82, 2.24) is 19.8 Å². The van der Waals surface area contributed by atoms with Gasteiger partial charge in [0.05, 0.1) is 11.1 Å². The molecule has 0 unspecified atom stereocenters. The van der Waals surface area contributed by atoms with Gasteiger partial charge in [0.25, 0.3) is 0 Å². The molecule has 0 bridgehead atoms. The molecule has 1 aliphatic rings. The lowest BCUT2D eigenvalue weighted by atomic mass is 9.73. The minimum atomic E-state index is -0.591. The number of benzene rings is 2. The van der Waals surface area contributed by atoms with Gasteiger partial charge in [-0.25, -0.2) is 0 Å². The fourth-order valence-corrected chi connectivity index (χ4v) is 4.18. The Bertz CT molecular complexity index is 1230. The number of fused-ring (bicyclic) bond motifs is 1. The fourth-order valence-electron chi connectivity index (χ4n) is 4.18. The van der Waals surface area contributed by atoms with Crippen LogP contribution in [0.15, 0.2) is 66.7 Å². The zero-order chi connectivity index (χ0) is 21.3. The summed E-state index contributed by atoms with van der Waals surface area (Å²) in [6, 6.07) is 21.5. The van der Waals surface area contributed by atoms with Crippen LogP contribution in [0.1, 0.15) is 24.2 Å². The van der Waals surface area contributed by atoms with E-state index in [1.807, 2.05) is 73.7 Å². The van der Waals surface area contributed by atoms with Gasteiger partial charge in [-0.05, 0) is 49.6 Å². The molecule has 4 aromatic rings. The number of nitrogens with one attached hydrogen (secondary N) is 1. The molecule has 0 radical (unpaired) electrons. The smallest absolute Gasteiger partial charge is 0.235 e. The van der Waals surface area contributed by atoms with E-state index in [2.05, 4.69) is 20.6 Å². The lowest BCUT2D eigenvalue weighted by molar-refractivity contribution is -0.125. The summed E-state index contributed by atoms with van der Waals surface area (Å²) >= 11 is 0. The van der Waals surface area contributed by atoms with Crippen molar-refractivity contribution in [3.8, 4) is 11.3 Å². The molecule has 31 heavy (non-hydrogen) atoms. The Hall–Kier alpha value is -3.58. The second-order valence-corrected chi connectivity index (χ2v) is 7.83. The first-order valence-corrected chi connectivity index (χ1v) is 10.4. The Morgan fingerprint density at radius 1 is 1.00 bits per heavy atom. The Morgan fingerprint density at radius 3 is 2.61 bits per heavy atom. The van der Waals surface area contributed by atoms with Gasteiger partial charge in [0, 0.05) is 24.5 Å². The number of amides is 1. The number of anilines is 1. The van der Waals surface area contributed by atoms with Crippen LogP contribution >= 0.6 is 0 Å². The van der Waals surface area contributed by atoms with Crippen molar-refractivity contribution in [2.75, 3.05) is 18.5 Å². The highest BCUT2D eigenvalue weighted by molar-refractivity contribution is 5.99. The zero-order valence-electron chi connectivity index (χ0n) is 17.3. The molecule has 0 saturated carbocycles. The van der Waals surface area contributed by atoms with E-state index in [1.165, 1.54) is 0 Å². The number of carbonyl (C=O) groups excluding carboxylic acids is 1. The average Bonchev–Trinajstić information content (AvgIpc) is 3.20. The van der Waals surface area contributed by atoms with Crippen molar-refractivity contribution < 1.29 is 9.53 Å². The average molecular weight is 413 g/mol. The van der Waals surface area contributed by atoms with Gasteiger partial charge in [-0.15, -0.1) is 10.2 Å². The quantitative estimate of drug-likeness (QED) is 0.551. The van der Waals surface area contributed by atoms with Crippen molar-refractivity contribution in [1.29, 1.82) is 0 Å². The highest BCUT2D eigenvalue weighted by Crippen LogP contribution is 2.36. The van der Waals surface area contributed by atoms with E-state index in [0.717, 1.165) is 28.3 Å². The highest BCUT2D eigenvalue weighted by atomic mass is 16.5. The monoisotopic (exact) mass is 413 g/mol. The molecule has 2 aromatic heterocycles. The Labute approximate surface area is 180 Å². The molecule has 156 valence electrons. The molecule has 1 aliphatic heterocycles. The van der Waals surface area contributed by atoms with E-state index in [1.54, 1.807) is 4.52 Å². The summed E-state index contributed by atoms with van der Waals surface area (Å²) in [7, 11) is 0. The number of ether oxygens (including phenoxy) is 1. The lowest BCUT2D eigenvalue weighted by Gasteiger charge is -2.36. The summed E-state index contributed by atoms with van der Waals surface area (Å²) in [4.78, 5) is 13.5. The minimum absolute atomic E-state index is 0.00258. The summed E-state index contributed by atoms with van der Waals surface area (Å²) in [6.45, 7) is 3.01. The van der Waals surface area contributed by atoms with Crippen LogP contribution in [0.2, 0.25) is 0 Å². The third-order valence-corrected chi connectivity index (χ3v) is 5.94. The van der Waals surface area contributed by atoms with Gasteiger partial charge in [0.1, 0.15) is 0 Å². The molecular weight excluding hydrogens is 390 g/mol. The van der Waals surface area contributed by atoms with E-state index in [-0.39, 0.29) is 5.91 Å². The SMILES string of the molecule is Cc1nnc2ccc(-c3cccc(NC(=O)C4(c5ccccc5)CCOCC4)c3)nn12. The standard InChI is InChI=1S/C24H23N5O2/c1-17-26-27-22-11-10-21(28-29(17)22)18-6-5-9-20(16-18)25-23(30)24(12-14-31-15-13-24)19-7-3-2-4-8-19/h2-11,16H,12-15H2,1H3,(H,25,30). The molecule has 3 heterocycles. The predicted molar refractivity (Wildman–Crippen MR) is 118 cm³/mol. The van der Waals surface area contributed by atoms with E-state index in [9.17, 15) is 4.79 Å². The van der Waals surface area contributed by atoms with Crippen LogP contribution in [-0.2, 0) is 14.9 Å². The van der Waals surface area contributed by atoms with Gasteiger partial charge < -0.3 is 10.1 Å². The summed E-state index contributed by atoms with van der Waals surface area (Å²) < 4.78 is 7.28. The Morgan fingerprint density at radius 2 is 1.81 bits per heavy atom. The van der Waals surface area contributed by atoms with E-state index < -0.39 is 5.41 Å². The first-order valence-electron chi connectivity index (χ1n) is 10.4. The van der Waals surface area contributed by atoms with Crippen LogP contribution in [0, 0.1) is 6.92 Å². The molecule has 0 atom stereocenters. The number of nitrogens with zero attached hydrogens (tertiary/aromatic N) is 4. The molecule has 2 aromatic carbocycles. The molecular formula is C24H23N5O2. The summed E-state index contributed by atoms with van der Waals surface area (Å²) in [5.41, 5.74) is 3.58. The molecule has 1 amide bonds. The number of hydrogen-bond donors (Lipinski definition) is 1. The number of aryl methyl sites for hydroxylation is 1. The second-order valence-electron chi connectivity index (χ2n) is 7.83. The third kappa shape index (κ3) is 3.57. The van der Waals surface area contributed by atoms with Gasteiger partial charge in [-0.2, -0.15) is 9.61 Å². The number of aromatic nitrogens is 4. The molecule has 0 spiro atoms. The second kappa shape index (κ2) is 7.92. The van der Waals surface area contributed by atoms with Gasteiger partial charge in [-0.1, -0.05) is 42.5 Å². The molecule has 7 heteroatoms. The van der Waals surface area contributed by atoms with Gasteiger partial charge in [0.2, 0.25) is 5.91 Å². The van der Waals surface area contributed by atoms with Crippen LogP contribution in [0.4, 0.5) is 5.69 Å². The maximum atomic E-state index is 13.5. The molecule has 1 fully saturated rings. The molecule has 1 N–H and O–H groups in total. The Balaban J connectivity index is 1.45. The van der Waals surface area contributed by atoms with E-state index in [4.69, 9.17) is 4.74 Å². The topological polar surface area (TPSA) is 81.4 Å². The van der Waals surface area contributed by atoms with Crippen molar-refractivity contribution in [2.45, 2.75) is 25.2 Å². The predicted octanol–water partition coefficient (Wildman–Crippen LogP) is 3.79. The molecule has 1 saturated heterocycles. The van der Waals surface area contributed by atoms with Crippen molar-refractivity contribution in [3.05, 3.63) is 78.1 Å². The van der Waals surface area contributed by atoms with Crippen LogP contribution in [-0.4, -0.2) is 38.9 Å².